The van der Waals surface area contributed by atoms with Crippen molar-refractivity contribution >= 4 is 13.7 Å². The Bertz CT molecular complexity index is 1160. The van der Waals surface area contributed by atoms with Crippen LogP contribution in [0.1, 0.15) is 206 Å². The van der Waals surface area contributed by atoms with Crippen molar-refractivity contribution in [1.82, 2.24) is 5.32 Å². The molecule has 60 heavy (non-hydrogen) atoms. The van der Waals surface area contributed by atoms with Gasteiger partial charge in [0.15, 0.2) is 0 Å². The van der Waals surface area contributed by atoms with Crippen LogP contribution in [0.2, 0.25) is 0 Å². The van der Waals surface area contributed by atoms with E-state index in [1.165, 1.54) is 135 Å². The molecule has 0 saturated carbocycles. The highest BCUT2D eigenvalue weighted by molar-refractivity contribution is 7.45. The number of quaternary nitrogens is 1. The van der Waals surface area contributed by atoms with Gasteiger partial charge in [0.1, 0.15) is 13.2 Å². The number of allylic oxidation sites excluding steroid dienone is 9. The maximum atomic E-state index is 12.9. The number of unbranched alkanes of at least 4 members (excludes halogenated alkanes) is 23. The van der Waals surface area contributed by atoms with Gasteiger partial charge in [0.05, 0.1) is 39.9 Å². The van der Waals surface area contributed by atoms with Crippen molar-refractivity contribution < 1.29 is 32.9 Å². The average Bonchev–Trinajstić information content (AvgIpc) is 3.20. The molecule has 1 amide bonds. The second-order valence-electron chi connectivity index (χ2n) is 17.8. The molecule has 0 radical (unpaired) electrons. The maximum absolute atomic E-state index is 12.9. The lowest BCUT2D eigenvalue weighted by atomic mass is 10.1. The van der Waals surface area contributed by atoms with Crippen LogP contribution in [0.25, 0.3) is 0 Å². The van der Waals surface area contributed by atoms with E-state index in [-0.39, 0.29) is 12.5 Å². The van der Waals surface area contributed by atoms with E-state index in [2.05, 4.69) is 67.8 Å². The minimum Gasteiger partial charge on any atom is -0.756 e. The lowest BCUT2D eigenvalue weighted by Gasteiger charge is -2.29. The third-order valence-corrected chi connectivity index (χ3v) is 11.6. The fourth-order valence-electron chi connectivity index (χ4n) is 6.74. The second-order valence-corrected chi connectivity index (χ2v) is 19.2. The predicted octanol–water partition coefficient (Wildman–Crippen LogP) is 13.6. The van der Waals surface area contributed by atoms with Crippen molar-refractivity contribution in [2.45, 2.75) is 219 Å². The van der Waals surface area contributed by atoms with E-state index >= 15 is 0 Å². The Morgan fingerprint density at radius 2 is 0.983 bits per heavy atom. The number of hydrogen-bond acceptors (Lipinski definition) is 6. The normalized spacial score (nSPS) is 14.7. The molecular weight excluding hydrogens is 768 g/mol. The van der Waals surface area contributed by atoms with E-state index in [0.717, 1.165) is 51.4 Å². The van der Waals surface area contributed by atoms with Crippen LogP contribution >= 0.6 is 7.82 Å². The zero-order chi connectivity index (χ0) is 44.3. The van der Waals surface area contributed by atoms with Gasteiger partial charge in [0.2, 0.25) is 5.91 Å². The first-order valence-electron chi connectivity index (χ1n) is 24.7. The van der Waals surface area contributed by atoms with Gasteiger partial charge in [-0.1, -0.05) is 184 Å². The molecule has 8 nitrogen and oxygen atoms in total. The quantitative estimate of drug-likeness (QED) is 0.0273. The molecule has 0 spiro atoms. The molecule has 350 valence electrons. The molecule has 0 aromatic rings. The molecule has 0 aliphatic rings. The minimum atomic E-state index is -4.61. The van der Waals surface area contributed by atoms with Crippen molar-refractivity contribution in [2.24, 2.45) is 0 Å². The van der Waals surface area contributed by atoms with Crippen molar-refractivity contribution in [2.75, 3.05) is 40.9 Å². The van der Waals surface area contributed by atoms with Gasteiger partial charge in [-0.2, -0.15) is 0 Å². The summed E-state index contributed by atoms with van der Waals surface area (Å²) >= 11 is 0. The first-order chi connectivity index (χ1) is 29.0. The second kappa shape index (κ2) is 42.5. The van der Waals surface area contributed by atoms with E-state index in [9.17, 15) is 19.4 Å². The van der Waals surface area contributed by atoms with Crippen molar-refractivity contribution in [3.05, 3.63) is 60.8 Å². The minimum absolute atomic E-state index is 0.0118. The lowest BCUT2D eigenvalue weighted by Crippen LogP contribution is -2.45. The zero-order valence-electron chi connectivity index (χ0n) is 39.6. The van der Waals surface area contributed by atoms with Crippen LogP contribution in [0.5, 0.6) is 0 Å². The molecule has 9 heteroatoms. The van der Waals surface area contributed by atoms with Crippen LogP contribution in [0.15, 0.2) is 60.8 Å². The first kappa shape index (κ1) is 58.2. The average molecular weight is 863 g/mol. The fraction of sp³-hybridized carbons (Fsp3) is 0.784. The summed E-state index contributed by atoms with van der Waals surface area (Å²) in [6.07, 6.45) is 55.6. The Hall–Kier alpha value is -1.80. The van der Waals surface area contributed by atoms with E-state index in [1.54, 1.807) is 6.08 Å². The summed E-state index contributed by atoms with van der Waals surface area (Å²) in [6, 6.07) is -0.913. The molecule has 0 heterocycles. The van der Waals surface area contributed by atoms with Crippen molar-refractivity contribution in [3.8, 4) is 0 Å². The van der Waals surface area contributed by atoms with Gasteiger partial charge in [-0.3, -0.25) is 9.36 Å². The van der Waals surface area contributed by atoms with E-state index in [0.29, 0.717) is 17.4 Å². The fourth-order valence-corrected chi connectivity index (χ4v) is 7.47. The van der Waals surface area contributed by atoms with Crippen LogP contribution in [0, 0.1) is 0 Å². The van der Waals surface area contributed by atoms with Gasteiger partial charge in [-0.05, 0) is 77.0 Å². The lowest BCUT2D eigenvalue weighted by molar-refractivity contribution is -0.870. The Labute approximate surface area is 371 Å². The Morgan fingerprint density at radius 3 is 1.45 bits per heavy atom. The number of phosphoric acid groups is 1. The Kier molecular flexibility index (Phi) is 41.2. The van der Waals surface area contributed by atoms with Gasteiger partial charge in [0.25, 0.3) is 7.82 Å². The van der Waals surface area contributed by atoms with Gasteiger partial charge in [-0.15, -0.1) is 0 Å². The SMILES string of the molecule is CCCCCCC/C=C\C/C=C\CCCCCCCCCCCC(=O)NC(COP(=O)([O-])OCC[N+](C)(C)C)C(O)/C=C/CC/C=C/CC/C=C/CCCCCCCCC. The molecular formula is C51H95N2O6P. The summed E-state index contributed by atoms with van der Waals surface area (Å²) in [4.78, 5) is 25.4. The van der Waals surface area contributed by atoms with Crippen LogP contribution in [-0.4, -0.2) is 68.5 Å². The zero-order valence-corrected chi connectivity index (χ0v) is 40.5. The summed E-state index contributed by atoms with van der Waals surface area (Å²) < 4.78 is 23.2. The number of carbonyl (C=O) groups excluding carboxylic acids is 1. The predicted molar refractivity (Wildman–Crippen MR) is 256 cm³/mol. The Morgan fingerprint density at radius 1 is 0.583 bits per heavy atom. The molecule has 0 fully saturated rings. The molecule has 0 aromatic heterocycles. The number of aliphatic hydroxyl groups is 1. The molecule has 2 N–H and O–H groups in total. The van der Waals surface area contributed by atoms with E-state index in [4.69, 9.17) is 9.05 Å². The third-order valence-electron chi connectivity index (χ3n) is 10.7. The topological polar surface area (TPSA) is 108 Å². The highest BCUT2D eigenvalue weighted by Gasteiger charge is 2.23. The first-order valence-corrected chi connectivity index (χ1v) is 26.1. The molecule has 0 aliphatic carbocycles. The van der Waals surface area contributed by atoms with E-state index < -0.39 is 26.6 Å². The molecule has 0 saturated heterocycles. The summed E-state index contributed by atoms with van der Waals surface area (Å²) in [6.45, 7) is 4.59. The third kappa shape index (κ3) is 44.3. The molecule has 0 aromatic carbocycles. The number of phosphoric ester groups is 1. The number of aliphatic hydroxyl groups excluding tert-OH is 1. The largest absolute Gasteiger partial charge is 0.756 e. The highest BCUT2D eigenvalue weighted by Crippen LogP contribution is 2.38. The Balaban J connectivity index is 4.42. The molecule has 0 rings (SSSR count). The van der Waals surface area contributed by atoms with Crippen molar-refractivity contribution in [3.63, 3.8) is 0 Å². The van der Waals surface area contributed by atoms with E-state index in [1.807, 2.05) is 27.2 Å². The van der Waals surface area contributed by atoms with Gasteiger partial charge in [0, 0.05) is 6.42 Å². The number of rotatable bonds is 44. The number of nitrogens with zero attached hydrogens (tertiary/aromatic N) is 1. The number of likely N-dealkylation sites (N-methyl/N-ethyl adjacent to an activating group) is 1. The van der Waals surface area contributed by atoms with Crippen LogP contribution in [0.3, 0.4) is 0 Å². The summed E-state index contributed by atoms with van der Waals surface area (Å²) in [5.41, 5.74) is 0. The van der Waals surface area contributed by atoms with Gasteiger partial charge >= 0.3 is 0 Å². The molecule has 0 bridgehead atoms. The number of nitrogens with one attached hydrogen (secondary N) is 1. The summed E-state index contributed by atoms with van der Waals surface area (Å²) in [7, 11) is 1.23. The molecule has 3 atom stereocenters. The van der Waals surface area contributed by atoms with Gasteiger partial charge in [-0.25, -0.2) is 0 Å². The molecule has 3 unspecified atom stereocenters. The number of carbonyl (C=O) groups is 1. The number of hydrogen-bond donors (Lipinski definition) is 2. The van der Waals surface area contributed by atoms with Crippen LogP contribution < -0.4 is 10.2 Å². The summed E-state index contributed by atoms with van der Waals surface area (Å²) in [5, 5.41) is 13.8. The monoisotopic (exact) mass is 863 g/mol. The maximum Gasteiger partial charge on any atom is 0.268 e. The van der Waals surface area contributed by atoms with Crippen LogP contribution in [0.4, 0.5) is 0 Å². The highest BCUT2D eigenvalue weighted by atomic mass is 31.2. The van der Waals surface area contributed by atoms with Gasteiger partial charge < -0.3 is 28.8 Å². The number of amides is 1. The standard InChI is InChI=1S/C51H95N2O6P/c1-6-8-10-12-14-16-18-20-22-24-25-26-27-29-31-33-35-37-39-41-43-45-51(55)52-49(48-59-60(56,57)58-47-46-53(3,4)5)50(54)44-42-40-38-36-34-32-30-28-23-21-19-17-15-13-11-9-7-2/h18,20,23-25,28,34,36,42,44,49-50,54H,6-17,19,21-22,26-27,29-33,35,37-41,43,45-48H2,1-5H3,(H-,52,55,56,57)/b20-18-,25-24-,28-23+,36-34+,44-42+. The van der Waals surface area contributed by atoms with Crippen LogP contribution in [-0.2, 0) is 18.4 Å². The molecule has 0 aliphatic heterocycles. The van der Waals surface area contributed by atoms with Crippen molar-refractivity contribution in [1.29, 1.82) is 0 Å². The smallest absolute Gasteiger partial charge is 0.268 e. The summed E-state index contributed by atoms with van der Waals surface area (Å²) in [5.74, 6) is -0.218.